The number of carbonyl (C=O) groups excluding carboxylic acids is 1. The summed E-state index contributed by atoms with van der Waals surface area (Å²) in [6, 6.07) is 7.01. The molecule has 1 aromatic carbocycles. The maximum Gasteiger partial charge on any atom is 0.346 e. The van der Waals surface area contributed by atoms with Crippen LogP contribution in [-0.2, 0) is 9.53 Å². The number of ether oxygens (including phenoxy) is 3. The van der Waals surface area contributed by atoms with Crippen LogP contribution in [0.2, 0.25) is 0 Å². The molecule has 4 heteroatoms. The van der Waals surface area contributed by atoms with Crippen LogP contribution in [0.1, 0.15) is 6.92 Å². The lowest BCUT2D eigenvalue weighted by Crippen LogP contribution is -2.26. The van der Waals surface area contributed by atoms with Crippen LogP contribution < -0.4 is 9.47 Å². The van der Waals surface area contributed by atoms with Crippen molar-refractivity contribution in [2.24, 2.45) is 0 Å². The zero-order valence-electron chi connectivity index (χ0n) is 8.65. The number of methoxy groups -OCH3 is 1. The second-order valence-electron chi connectivity index (χ2n) is 3.56. The second-order valence-corrected chi connectivity index (χ2v) is 3.56. The monoisotopic (exact) mass is 208 g/mol. The van der Waals surface area contributed by atoms with Gasteiger partial charge in [0.15, 0.2) is 17.1 Å². The molecule has 0 spiro atoms. The third kappa shape index (κ3) is 1.94. The first-order valence-electron chi connectivity index (χ1n) is 4.65. The third-order valence-corrected chi connectivity index (χ3v) is 2.28. The standard InChI is InChI=1S/C11H12O4/c1-11(7-14-11)10(12)15-9-6-4-3-5-8(9)13-2/h3-6H,7H2,1-2H3. The smallest absolute Gasteiger partial charge is 0.346 e. The molecular formula is C11H12O4. The highest BCUT2D eigenvalue weighted by Gasteiger charge is 2.49. The van der Waals surface area contributed by atoms with Crippen molar-refractivity contribution in [2.45, 2.75) is 12.5 Å². The van der Waals surface area contributed by atoms with Gasteiger partial charge in [0.2, 0.25) is 0 Å². The lowest BCUT2D eigenvalue weighted by molar-refractivity contribution is -0.139. The molecule has 1 heterocycles. The van der Waals surface area contributed by atoms with Gasteiger partial charge in [-0.15, -0.1) is 0 Å². The summed E-state index contributed by atoms with van der Waals surface area (Å²) in [5, 5.41) is 0. The topological polar surface area (TPSA) is 48.1 Å². The van der Waals surface area contributed by atoms with Crippen molar-refractivity contribution in [1.82, 2.24) is 0 Å². The lowest BCUT2D eigenvalue weighted by Gasteiger charge is -2.09. The molecule has 0 saturated carbocycles. The van der Waals surface area contributed by atoms with E-state index in [9.17, 15) is 4.79 Å². The van der Waals surface area contributed by atoms with Crippen molar-refractivity contribution in [3.05, 3.63) is 24.3 Å². The predicted molar refractivity (Wildman–Crippen MR) is 53.0 cm³/mol. The minimum atomic E-state index is -0.763. The molecule has 0 aliphatic carbocycles. The second kappa shape index (κ2) is 3.55. The fourth-order valence-electron chi connectivity index (χ4n) is 1.14. The molecular weight excluding hydrogens is 196 g/mol. The number of esters is 1. The van der Waals surface area contributed by atoms with E-state index in [0.29, 0.717) is 18.1 Å². The Morgan fingerprint density at radius 3 is 2.53 bits per heavy atom. The van der Waals surface area contributed by atoms with E-state index in [-0.39, 0.29) is 5.97 Å². The molecule has 1 saturated heterocycles. The number of benzene rings is 1. The van der Waals surface area contributed by atoms with Gasteiger partial charge in [0.25, 0.3) is 0 Å². The van der Waals surface area contributed by atoms with E-state index in [4.69, 9.17) is 14.2 Å². The maximum absolute atomic E-state index is 11.6. The highest BCUT2D eigenvalue weighted by Crippen LogP contribution is 2.31. The summed E-state index contributed by atoms with van der Waals surface area (Å²) in [7, 11) is 1.53. The van der Waals surface area contributed by atoms with Gasteiger partial charge in [-0.05, 0) is 19.1 Å². The molecule has 0 N–H and O–H groups in total. The SMILES string of the molecule is COc1ccccc1OC(=O)C1(C)CO1. The molecule has 80 valence electrons. The van der Waals surface area contributed by atoms with Gasteiger partial charge in [0.1, 0.15) is 0 Å². The van der Waals surface area contributed by atoms with Gasteiger partial charge >= 0.3 is 5.97 Å². The Bertz CT molecular complexity index is 382. The van der Waals surface area contributed by atoms with E-state index in [1.807, 2.05) is 6.07 Å². The fraction of sp³-hybridized carbons (Fsp3) is 0.364. The lowest BCUT2D eigenvalue weighted by atomic mass is 10.2. The zero-order chi connectivity index (χ0) is 10.9. The first kappa shape index (κ1) is 9.98. The van der Waals surface area contributed by atoms with Crippen LogP contribution in [0.3, 0.4) is 0 Å². The first-order chi connectivity index (χ1) is 7.15. The van der Waals surface area contributed by atoms with Gasteiger partial charge in [-0.3, -0.25) is 0 Å². The van der Waals surface area contributed by atoms with Gasteiger partial charge < -0.3 is 14.2 Å². The van der Waals surface area contributed by atoms with Crippen LogP contribution in [0.5, 0.6) is 11.5 Å². The summed E-state index contributed by atoms with van der Waals surface area (Å²) < 4.78 is 15.2. The van der Waals surface area contributed by atoms with Gasteiger partial charge in [0.05, 0.1) is 13.7 Å². The average Bonchev–Trinajstić information content (AvgIpc) is 2.99. The third-order valence-electron chi connectivity index (χ3n) is 2.28. The van der Waals surface area contributed by atoms with Crippen molar-refractivity contribution >= 4 is 5.97 Å². The van der Waals surface area contributed by atoms with Crippen LogP contribution in [-0.4, -0.2) is 25.3 Å². The normalized spacial score (nSPS) is 23.3. The van der Waals surface area contributed by atoms with E-state index < -0.39 is 5.60 Å². The molecule has 0 bridgehead atoms. The van der Waals surface area contributed by atoms with E-state index in [1.165, 1.54) is 7.11 Å². The van der Waals surface area contributed by atoms with Crippen LogP contribution in [0.15, 0.2) is 24.3 Å². The molecule has 1 fully saturated rings. The summed E-state index contributed by atoms with van der Waals surface area (Å²) in [6.45, 7) is 2.12. The van der Waals surface area contributed by atoms with Gasteiger partial charge in [0, 0.05) is 0 Å². The highest BCUT2D eigenvalue weighted by atomic mass is 16.6. The first-order valence-corrected chi connectivity index (χ1v) is 4.65. The van der Waals surface area contributed by atoms with Crippen LogP contribution in [0.25, 0.3) is 0 Å². The molecule has 15 heavy (non-hydrogen) atoms. The summed E-state index contributed by atoms with van der Waals surface area (Å²) in [6.07, 6.45) is 0. The quantitative estimate of drug-likeness (QED) is 0.428. The Morgan fingerprint density at radius 2 is 2.00 bits per heavy atom. The molecule has 1 aromatic rings. The van der Waals surface area contributed by atoms with Crippen molar-refractivity contribution in [3.63, 3.8) is 0 Å². The Morgan fingerprint density at radius 1 is 1.40 bits per heavy atom. The molecule has 4 nitrogen and oxygen atoms in total. The summed E-state index contributed by atoms with van der Waals surface area (Å²) in [5.74, 6) is 0.573. The van der Waals surface area contributed by atoms with Crippen molar-refractivity contribution < 1.29 is 19.0 Å². The largest absolute Gasteiger partial charge is 0.493 e. The Balaban J connectivity index is 2.13. The Labute approximate surface area is 87.8 Å². The summed E-state index contributed by atoms with van der Waals surface area (Å²) in [4.78, 5) is 11.6. The van der Waals surface area contributed by atoms with Gasteiger partial charge in [-0.25, -0.2) is 4.79 Å². The number of hydrogen-bond donors (Lipinski definition) is 0. The summed E-state index contributed by atoms with van der Waals surface area (Å²) in [5.41, 5.74) is -0.763. The molecule has 0 aromatic heterocycles. The number of hydrogen-bond acceptors (Lipinski definition) is 4. The van der Waals surface area contributed by atoms with Crippen LogP contribution in [0, 0.1) is 0 Å². The average molecular weight is 208 g/mol. The fourth-order valence-corrected chi connectivity index (χ4v) is 1.14. The van der Waals surface area contributed by atoms with Crippen LogP contribution in [0.4, 0.5) is 0 Å². The number of carbonyl (C=O) groups is 1. The zero-order valence-corrected chi connectivity index (χ0v) is 8.65. The molecule has 1 unspecified atom stereocenters. The maximum atomic E-state index is 11.6. The molecule has 0 radical (unpaired) electrons. The highest BCUT2D eigenvalue weighted by molar-refractivity contribution is 5.84. The minimum absolute atomic E-state index is 0.382. The van der Waals surface area contributed by atoms with Gasteiger partial charge in [-0.1, -0.05) is 12.1 Å². The molecule has 1 aliphatic rings. The number of epoxide rings is 1. The van der Waals surface area contributed by atoms with Crippen LogP contribution >= 0.6 is 0 Å². The molecule has 2 rings (SSSR count). The summed E-state index contributed by atoms with van der Waals surface area (Å²) >= 11 is 0. The number of para-hydroxylation sites is 2. The molecule has 1 aliphatic heterocycles. The molecule has 1 atom stereocenters. The van der Waals surface area contributed by atoms with Crippen molar-refractivity contribution in [2.75, 3.05) is 13.7 Å². The minimum Gasteiger partial charge on any atom is -0.493 e. The van der Waals surface area contributed by atoms with E-state index in [2.05, 4.69) is 0 Å². The number of rotatable bonds is 3. The van der Waals surface area contributed by atoms with E-state index in [0.717, 1.165) is 0 Å². The van der Waals surface area contributed by atoms with Gasteiger partial charge in [-0.2, -0.15) is 0 Å². The van der Waals surface area contributed by atoms with E-state index >= 15 is 0 Å². The Hall–Kier alpha value is -1.55. The van der Waals surface area contributed by atoms with Crippen molar-refractivity contribution in [3.8, 4) is 11.5 Å². The predicted octanol–water partition coefficient (Wildman–Crippen LogP) is 1.39. The Kier molecular flexibility index (Phi) is 2.36. The molecule has 0 amide bonds. The van der Waals surface area contributed by atoms with Crippen molar-refractivity contribution in [1.29, 1.82) is 0 Å². The van der Waals surface area contributed by atoms with E-state index in [1.54, 1.807) is 25.1 Å².